The van der Waals surface area contributed by atoms with Crippen LogP contribution in [0.25, 0.3) is 10.9 Å². The largest absolute Gasteiger partial charge is 0.487 e. The Bertz CT molecular complexity index is 1480. The molecule has 7 nitrogen and oxygen atoms in total. The zero-order chi connectivity index (χ0) is 29.2. The topological polar surface area (TPSA) is 89.0 Å². The summed E-state index contributed by atoms with van der Waals surface area (Å²) >= 11 is 0. The van der Waals surface area contributed by atoms with Gasteiger partial charge in [-0.25, -0.2) is 4.98 Å². The number of aliphatic carboxylic acids is 1. The van der Waals surface area contributed by atoms with Crippen LogP contribution >= 0.6 is 21.6 Å². The number of rotatable bonds is 14. The molecular weight excluding hydrogens is 556 g/mol. The molecule has 0 aliphatic heterocycles. The van der Waals surface area contributed by atoms with Gasteiger partial charge in [-0.05, 0) is 61.7 Å². The Morgan fingerprint density at radius 2 is 1.63 bits per heavy atom. The van der Waals surface area contributed by atoms with Gasteiger partial charge in [0.05, 0.1) is 16.5 Å². The van der Waals surface area contributed by atoms with E-state index in [1.807, 2.05) is 91.9 Å². The van der Waals surface area contributed by atoms with Gasteiger partial charge in [-0.15, -0.1) is 0 Å². The van der Waals surface area contributed by atoms with Crippen LogP contribution in [0.1, 0.15) is 31.0 Å². The van der Waals surface area contributed by atoms with Crippen molar-refractivity contribution in [2.45, 2.75) is 43.3 Å². The maximum atomic E-state index is 12.3. The second-order valence-corrected chi connectivity index (χ2v) is 12.7. The molecule has 2 unspecified atom stereocenters. The van der Waals surface area contributed by atoms with Crippen LogP contribution in [0.4, 0.5) is 0 Å². The highest BCUT2D eigenvalue weighted by atomic mass is 33.1. The van der Waals surface area contributed by atoms with E-state index in [2.05, 4.69) is 4.98 Å². The fourth-order valence-corrected chi connectivity index (χ4v) is 6.95. The van der Waals surface area contributed by atoms with Gasteiger partial charge in [0.1, 0.15) is 23.9 Å². The van der Waals surface area contributed by atoms with Gasteiger partial charge in [0.2, 0.25) is 5.91 Å². The summed E-state index contributed by atoms with van der Waals surface area (Å²) in [6.45, 7) is 2.22. The molecule has 1 aromatic heterocycles. The van der Waals surface area contributed by atoms with Crippen LogP contribution in [-0.2, 0) is 22.6 Å². The van der Waals surface area contributed by atoms with Crippen LogP contribution in [0.2, 0.25) is 0 Å². The molecule has 0 fully saturated rings. The van der Waals surface area contributed by atoms with E-state index in [1.54, 1.807) is 29.8 Å². The Labute approximate surface area is 248 Å². The first kappa shape index (κ1) is 30.3. The van der Waals surface area contributed by atoms with Crippen LogP contribution in [0.5, 0.6) is 17.2 Å². The van der Waals surface area contributed by atoms with E-state index in [0.717, 1.165) is 22.2 Å². The Kier molecular flexibility index (Phi) is 10.9. The van der Waals surface area contributed by atoms with E-state index in [4.69, 9.17) is 9.47 Å². The second kappa shape index (κ2) is 14.8. The standard InChI is InChI=1S/C32H34N2O5S2/c1-22(32(37)34(2)3)40-41-29(16-17-31(35)36)19-23-8-6-11-27(18-23)39-28-12-7-10-26(20-28)38-21-25-15-14-24-9-4-5-13-30(24)33-25/h4-15,18,20,22,29H,16-17,19,21H2,1-3H3,(H,35,36). The normalized spacial score (nSPS) is 12.5. The van der Waals surface area contributed by atoms with Crippen molar-refractivity contribution in [2.24, 2.45) is 0 Å². The summed E-state index contributed by atoms with van der Waals surface area (Å²) in [6, 6.07) is 27.3. The van der Waals surface area contributed by atoms with Gasteiger partial charge in [-0.2, -0.15) is 0 Å². The predicted octanol–water partition coefficient (Wildman–Crippen LogP) is 7.24. The lowest BCUT2D eigenvalue weighted by atomic mass is 10.1. The smallest absolute Gasteiger partial charge is 0.303 e. The zero-order valence-electron chi connectivity index (χ0n) is 23.4. The first-order valence-corrected chi connectivity index (χ1v) is 15.6. The van der Waals surface area contributed by atoms with E-state index in [0.29, 0.717) is 36.7 Å². The molecule has 0 bridgehead atoms. The number of fused-ring (bicyclic) bond motifs is 1. The van der Waals surface area contributed by atoms with Crippen molar-refractivity contribution in [2.75, 3.05) is 14.1 Å². The van der Waals surface area contributed by atoms with E-state index in [1.165, 1.54) is 10.8 Å². The van der Waals surface area contributed by atoms with Crippen LogP contribution < -0.4 is 9.47 Å². The molecule has 0 aliphatic rings. The first-order chi connectivity index (χ1) is 19.8. The van der Waals surface area contributed by atoms with Gasteiger partial charge in [-0.1, -0.05) is 64.1 Å². The molecule has 9 heteroatoms. The Balaban J connectivity index is 1.37. The van der Waals surface area contributed by atoms with Crippen molar-refractivity contribution in [3.05, 3.63) is 96.2 Å². The van der Waals surface area contributed by atoms with Crippen molar-refractivity contribution in [3.8, 4) is 17.2 Å². The number of hydrogen-bond acceptors (Lipinski definition) is 7. The number of carbonyl (C=O) groups is 2. The number of nitrogens with zero attached hydrogens (tertiary/aromatic N) is 2. The molecule has 214 valence electrons. The average molecular weight is 591 g/mol. The van der Waals surface area contributed by atoms with Crippen LogP contribution in [0.15, 0.2) is 84.9 Å². The molecule has 4 rings (SSSR count). The molecule has 1 N–H and O–H groups in total. The van der Waals surface area contributed by atoms with Crippen LogP contribution in [0.3, 0.4) is 0 Å². The summed E-state index contributed by atoms with van der Waals surface area (Å²) < 4.78 is 12.2. The summed E-state index contributed by atoms with van der Waals surface area (Å²) in [5.74, 6) is 1.22. The number of carbonyl (C=O) groups excluding carboxylic acids is 1. The third kappa shape index (κ3) is 9.43. The monoisotopic (exact) mass is 590 g/mol. The maximum absolute atomic E-state index is 12.3. The summed E-state index contributed by atoms with van der Waals surface area (Å²) in [7, 11) is 6.53. The Morgan fingerprint density at radius 3 is 2.41 bits per heavy atom. The molecule has 0 saturated carbocycles. The third-order valence-electron chi connectivity index (χ3n) is 6.25. The second-order valence-electron chi connectivity index (χ2n) is 9.83. The molecule has 0 radical (unpaired) electrons. The summed E-state index contributed by atoms with van der Waals surface area (Å²) in [6.07, 6.45) is 1.24. The summed E-state index contributed by atoms with van der Waals surface area (Å²) in [5.41, 5.74) is 2.81. The van der Waals surface area contributed by atoms with Crippen molar-refractivity contribution in [1.82, 2.24) is 9.88 Å². The molecule has 1 amide bonds. The lowest BCUT2D eigenvalue weighted by Gasteiger charge is -2.20. The minimum atomic E-state index is -0.825. The van der Waals surface area contributed by atoms with Gasteiger partial charge < -0.3 is 19.5 Å². The molecule has 4 aromatic rings. The van der Waals surface area contributed by atoms with Gasteiger partial charge in [-0.3, -0.25) is 9.59 Å². The highest BCUT2D eigenvalue weighted by molar-refractivity contribution is 8.77. The molecule has 3 aromatic carbocycles. The van der Waals surface area contributed by atoms with Gasteiger partial charge in [0.15, 0.2) is 0 Å². The van der Waals surface area contributed by atoms with Crippen molar-refractivity contribution in [1.29, 1.82) is 0 Å². The number of ether oxygens (including phenoxy) is 2. The van der Waals surface area contributed by atoms with Crippen LogP contribution in [-0.4, -0.2) is 51.5 Å². The molecule has 0 saturated heterocycles. The fourth-order valence-electron chi connectivity index (χ4n) is 4.14. The zero-order valence-corrected chi connectivity index (χ0v) is 25.0. The number of amides is 1. The highest BCUT2D eigenvalue weighted by Gasteiger charge is 2.20. The molecule has 0 spiro atoms. The fraction of sp³-hybridized carbons (Fsp3) is 0.281. The Hall–Kier alpha value is -3.69. The summed E-state index contributed by atoms with van der Waals surface area (Å²) in [5, 5.41) is 10.1. The van der Waals surface area contributed by atoms with E-state index in [9.17, 15) is 14.7 Å². The molecule has 2 atom stereocenters. The highest BCUT2D eigenvalue weighted by Crippen LogP contribution is 2.36. The van der Waals surface area contributed by atoms with E-state index < -0.39 is 5.97 Å². The molecule has 1 heterocycles. The third-order valence-corrected chi connectivity index (χ3v) is 9.54. The lowest BCUT2D eigenvalue weighted by molar-refractivity contribution is -0.137. The molecular formula is C32H34N2O5S2. The van der Waals surface area contributed by atoms with Crippen molar-refractivity contribution in [3.63, 3.8) is 0 Å². The number of aromatic nitrogens is 1. The number of hydrogen-bond donors (Lipinski definition) is 1. The van der Waals surface area contributed by atoms with Crippen LogP contribution in [0, 0.1) is 0 Å². The van der Waals surface area contributed by atoms with Gasteiger partial charge >= 0.3 is 5.97 Å². The number of carboxylic acid groups (broad SMARTS) is 1. The SMILES string of the molecule is CC(SSC(CCC(=O)O)Cc1cccc(Oc2cccc(OCc3ccc4ccccc4n3)c2)c1)C(=O)N(C)C. The Morgan fingerprint density at radius 1 is 0.902 bits per heavy atom. The summed E-state index contributed by atoms with van der Waals surface area (Å²) in [4.78, 5) is 29.7. The number of para-hydroxylation sites is 1. The minimum absolute atomic E-state index is 0.0317. The van der Waals surface area contributed by atoms with Gasteiger partial charge in [0.25, 0.3) is 0 Å². The quantitative estimate of drug-likeness (QED) is 0.154. The minimum Gasteiger partial charge on any atom is -0.487 e. The number of benzene rings is 3. The van der Waals surface area contributed by atoms with E-state index in [-0.39, 0.29) is 22.8 Å². The van der Waals surface area contributed by atoms with Gasteiger partial charge in [0, 0.05) is 37.2 Å². The predicted molar refractivity (Wildman–Crippen MR) is 167 cm³/mol. The first-order valence-electron chi connectivity index (χ1n) is 13.4. The van der Waals surface area contributed by atoms with Crippen molar-refractivity contribution >= 4 is 44.4 Å². The molecule has 41 heavy (non-hydrogen) atoms. The lowest BCUT2D eigenvalue weighted by Crippen LogP contribution is -2.29. The molecule has 0 aliphatic carbocycles. The van der Waals surface area contributed by atoms with E-state index >= 15 is 0 Å². The average Bonchev–Trinajstić information content (AvgIpc) is 2.97. The number of carboxylic acids is 1. The maximum Gasteiger partial charge on any atom is 0.303 e. The van der Waals surface area contributed by atoms with Crippen molar-refractivity contribution < 1.29 is 24.2 Å². The number of pyridine rings is 1.